The minimum atomic E-state index is 0.690. The van der Waals surface area contributed by atoms with Crippen LogP contribution in [0.1, 0.15) is 10.7 Å². The van der Waals surface area contributed by atoms with E-state index in [1.807, 2.05) is 34.8 Å². The van der Waals surface area contributed by atoms with Gasteiger partial charge in [-0.2, -0.15) is 5.10 Å². The first-order chi connectivity index (χ1) is 8.16. The molecule has 3 rings (SSSR count). The zero-order valence-electron chi connectivity index (χ0n) is 9.47. The van der Waals surface area contributed by atoms with E-state index >= 15 is 0 Å². The van der Waals surface area contributed by atoms with Crippen molar-refractivity contribution >= 4 is 34.7 Å². The number of aromatic amines is 1. The highest BCUT2D eigenvalue weighted by molar-refractivity contribution is 7.71. The molecule has 3 heterocycles. The molecule has 0 saturated carbocycles. The van der Waals surface area contributed by atoms with E-state index in [0.29, 0.717) is 11.3 Å². The maximum absolute atomic E-state index is 5.34. The number of hydrogen-bond donors (Lipinski definition) is 1. The highest BCUT2D eigenvalue weighted by Gasteiger charge is 2.13. The van der Waals surface area contributed by atoms with Crippen LogP contribution in [0.2, 0.25) is 0 Å². The van der Waals surface area contributed by atoms with Crippen LogP contribution in [0.5, 0.6) is 0 Å². The Morgan fingerprint density at radius 2 is 2.35 bits per heavy atom. The van der Waals surface area contributed by atoms with Crippen LogP contribution in [0.3, 0.4) is 0 Å². The molecule has 0 fully saturated rings. The van der Waals surface area contributed by atoms with E-state index in [4.69, 9.17) is 12.2 Å². The molecule has 3 aromatic rings. The monoisotopic (exact) mass is 265 g/mol. The number of aromatic nitrogens is 5. The van der Waals surface area contributed by atoms with Gasteiger partial charge in [0.25, 0.3) is 0 Å². The number of H-pyrrole nitrogens is 1. The maximum Gasteiger partial charge on any atom is 0.179 e. The third-order valence-corrected chi connectivity index (χ3v) is 3.79. The third kappa shape index (κ3) is 1.62. The zero-order valence-corrected chi connectivity index (χ0v) is 11.1. The van der Waals surface area contributed by atoms with Gasteiger partial charge < -0.3 is 4.98 Å². The van der Waals surface area contributed by atoms with E-state index in [0.717, 1.165) is 21.9 Å². The van der Waals surface area contributed by atoms with E-state index in [1.165, 1.54) is 0 Å². The largest absolute Gasteiger partial charge is 0.328 e. The quantitative estimate of drug-likeness (QED) is 0.723. The van der Waals surface area contributed by atoms with Gasteiger partial charge in [-0.15, -0.1) is 11.3 Å². The predicted molar refractivity (Wildman–Crippen MR) is 69.8 cm³/mol. The van der Waals surface area contributed by atoms with Crippen molar-refractivity contribution in [2.75, 3.05) is 0 Å². The number of imidazole rings is 1. The van der Waals surface area contributed by atoms with E-state index in [-0.39, 0.29) is 0 Å². The number of fused-ring (bicyclic) bond motifs is 1. The first kappa shape index (κ1) is 10.7. The van der Waals surface area contributed by atoms with Crippen molar-refractivity contribution in [3.05, 3.63) is 27.0 Å². The van der Waals surface area contributed by atoms with Gasteiger partial charge in [-0.3, -0.25) is 9.25 Å². The average Bonchev–Trinajstić information content (AvgIpc) is 2.93. The van der Waals surface area contributed by atoms with Crippen molar-refractivity contribution in [3.8, 4) is 0 Å². The number of nitrogens with one attached hydrogen (secondary N) is 1. The molecule has 0 aromatic carbocycles. The van der Waals surface area contributed by atoms with Gasteiger partial charge >= 0.3 is 0 Å². The zero-order chi connectivity index (χ0) is 12.0. The molecular weight excluding hydrogens is 254 g/mol. The lowest BCUT2D eigenvalue weighted by Gasteiger charge is -2.01. The Balaban J connectivity index is 2.21. The van der Waals surface area contributed by atoms with Crippen molar-refractivity contribution in [2.24, 2.45) is 7.05 Å². The van der Waals surface area contributed by atoms with Gasteiger partial charge in [0.05, 0.1) is 12.2 Å². The maximum atomic E-state index is 5.34. The Morgan fingerprint density at radius 3 is 3.06 bits per heavy atom. The van der Waals surface area contributed by atoms with Gasteiger partial charge in [-0.1, -0.05) is 0 Å². The molecule has 1 N–H and O–H groups in total. The molecule has 3 aromatic heterocycles. The van der Waals surface area contributed by atoms with Crippen molar-refractivity contribution in [1.29, 1.82) is 0 Å². The molecule has 0 unspecified atom stereocenters. The normalized spacial score (nSPS) is 11.4. The van der Waals surface area contributed by atoms with E-state index in [2.05, 4.69) is 15.1 Å². The number of aryl methyl sites for hydroxylation is 2. The lowest BCUT2D eigenvalue weighted by molar-refractivity contribution is 0.713. The number of thiazole rings is 1. The van der Waals surface area contributed by atoms with Crippen LogP contribution in [0.15, 0.2) is 11.6 Å². The molecule has 88 valence electrons. The molecule has 0 radical (unpaired) electrons. The van der Waals surface area contributed by atoms with Crippen LogP contribution < -0.4 is 0 Å². The molecular formula is C10H11N5S2. The molecule has 17 heavy (non-hydrogen) atoms. The van der Waals surface area contributed by atoms with Gasteiger partial charge in [0.2, 0.25) is 0 Å². The molecule has 7 heteroatoms. The Hall–Kier alpha value is -1.47. The molecule has 5 nitrogen and oxygen atoms in total. The Morgan fingerprint density at radius 1 is 1.53 bits per heavy atom. The molecule has 0 bridgehead atoms. The van der Waals surface area contributed by atoms with Gasteiger partial charge in [-0.25, -0.2) is 4.98 Å². The fourth-order valence-corrected chi connectivity index (χ4v) is 2.84. The van der Waals surface area contributed by atoms with Crippen LogP contribution in [-0.4, -0.2) is 24.3 Å². The van der Waals surface area contributed by atoms with E-state index in [9.17, 15) is 0 Å². The van der Waals surface area contributed by atoms with E-state index in [1.54, 1.807) is 11.3 Å². The summed E-state index contributed by atoms with van der Waals surface area (Å²) in [5.74, 6) is 0. The summed E-state index contributed by atoms with van der Waals surface area (Å²) in [5, 5.41) is 7.39. The molecule has 0 saturated heterocycles. The van der Waals surface area contributed by atoms with Crippen LogP contribution in [0.4, 0.5) is 0 Å². The van der Waals surface area contributed by atoms with Crippen molar-refractivity contribution in [3.63, 3.8) is 0 Å². The van der Waals surface area contributed by atoms with Crippen LogP contribution in [0, 0.1) is 11.7 Å². The summed E-state index contributed by atoms with van der Waals surface area (Å²) < 4.78 is 4.60. The second-order valence-electron chi connectivity index (χ2n) is 3.85. The minimum absolute atomic E-state index is 0.690. The van der Waals surface area contributed by atoms with Crippen LogP contribution >= 0.6 is 23.6 Å². The van der Waals surface area contributed by atoms with E-state index < -0.39 is 0 Å². The first-order valence-corrected chi connectivity index (χ1v) is 6.46. The Kier molecular flexibility index (Phi) is 2.37. The van der Waals surface area contributed by atoms with Gasteiger partial charge in [0.1, 0.15) is 10.5 Å². The van der Waals surface area contributed by atoms with Gasteiger partial charge in [0.15, 0.2) is 10.4 Å². The summed E-state index contributed by atoms with van der Waals surface area (Å²) >= 11 is 6.97. The summed E-state index contributed by atoms with van der Waals surface area (Å²) in [6.45, 7) is 2.66. The molecule has 0 atom stereocenters. The standard InChI is InChI=1S/C10H11N5S2/c1-6-8-9(14(2)13-6)15(10(16)12-8)5-7-11-3-4-17-7/h3-4H,5H2,1-2H3,(H,12,16). The fraction of sp³-hybridized carbons (Fsp3) is 0.300. The summed E-state index contributed by atoms with van der Waals surface area (Å²) in [6, 6.07) is 0. The second-order valence-corrected chi connectivity index (χ2v) is 5.22. The van der Waals surface area contributed by atoms with Crippen LogP contribution in [-0.2, 0) is 13.6 Å². The molecule has 0 aliphatic heterocycles. The highest BCUT2D eigenvalue weighted by atomic mass is 32.1. The number of hydrogen-bond acceptors (Lipinski definition) is 4. The Bertz CT molecular complexity index is 716. The fourth-order valence-electron chi connectivity index (χ4n) is 1.99. The smallest absolute Gasteiger partial charge is 0.179 e. The summed E-state index contributed by atoms with van der Waals surface area (Å²) in [5.41, 5.74) is 2.99. The topological polar surface area (TPSA) is 51.4 Å². The highest BCUT2D eigenvalue weighted by Crippen LogP contribution is 2.18. The SMILES string of the molecule is Cc1nn(C)c2c1[nH]c(=S)n2Cc1nccs1. The Labute approximate surface area is 107 Å². The van der Waals surface area contributed by atoms with Crippen molar-refractivity contribution in [2.45, 2.75) is 13.5 Å². The van der Waals surface area contributed by atoms with Crippen molar-refractivity contribution in [1.82, 2.24) is 24.3 Å². The van der Waals surface area contributed by atoms with Crippen molar-refractivity contribution < 1.29 is 0 Å². The summed E-state index contributed by atoms with van der Waals surface area (Å²) in [7, 11) is 1.93. The summed E-state index contributed by atoms with van der Waals surface area (Å²) in [6.07, 6.45) is 1.81. The van der Waals surface area contributed by atoms with Gasteiger partial charge in [-0.05, 0) is 19.1 Å². The number of rotatable bonds is 2. The lowest BCUT2D eigenvalue weighted by Crippen LogP contribution is -2.03. The average molecular weight is 265 g/mol. The summed E-state index contributed by atoms with van der Waals surface area (Å²) in [4.78, 5) is 7.48. The lowest BCUT2D eigenvalue weighted by atomic mass is 10.4. The molecule has 0 aliphatic carbocycles. The van der Waals surface area contributed by atoms with Gasteiger partial charge in [0, 0.05) is 18.6 Å². The minimum Gasteiger partial charge on any atom is -0.328 e. The molecule has 0 spiro atoms. The first-order valence-electron chi connectivity index (χ1n) is 5.17. The molecule has 0 aliphatic rings. The predicted octanol–water partition coefficient (Wildman–Crippen LogP) is 2.25. The second kappa shape index (κ2) is 3.78. The number of nitrogens with zero attached hydrogens (tertiary/aromatic N) is 4. The van der Waals surface area contributed by atoms with Crippen LogP contribution in [0.25, 0.3) is 11.2 Å². The molecule has 0 amide bonds. The third-order valence-electron chi connectivity index (χ3n) is 2.70.